The van der Waals surface area contributed by atoms with Crippen LogP contribution in [0.2, 0.25) is 0 Å². The molecule has 2 amide bonds. The molecule has 3 N–H and O–H groups in total. The lowest BCUT2D eigenvalue weighted by molar-refractivity contribution is -0.150. The standard InChI is InChI=1S/C10H13N3O4/c14-7-3-2-6(12-13-7)8(15)11-10(9(16)17)4-1-5-10/h1-5H2,(H,11,15)(H,13,14)(H,16,17). The van der Waals surface area contributed by atoms with Gasteiger partial charge in [0.1, 0.15) is 11.3 Å². The number of carbonyl (C=O) groups excluding carboxylic acids is 2. The van der Waals surface area contributed by atoms with Gasteiger partial charge in [0.2, 0.25) is 5.91 Å². The molecule has 0 atom stereocenters. The molecular weight excluding hydrogens is 226 g/mol. The predicted molar refractivity (Wildman–Crippen MR) is 57.2 cm³/mol. The molecule has 1 aliphatic heterocycles. The van der Waals surface area contributed by atoms with Gasteiger partial charge in [-0.2, -0.15) is 5.10 Å². The average molecular weight is 239 g/mol. The van der Waals surface area contributed by atoms with E-state index in [0.717, 1.165) is 6.42 Å². The highest BCUT2D eigenvalue weighted by Crippen LogP contribution is 2.32. The summed E-state index contributed by atoms with van der Waals surface area (Å²) < 4.78 is 0. The SMILES string of the molecule is O=C1CCC(C(=O)NC2(C(=O)O)CCC2)=NN1. The first-order valence-electron chi connectivity index (χ1n) is 5.45. The Morgan fingerprint density at radius 1 is 1.35 bits per heavy atom. The smallest absolute Gasteiger partial charge is 0.329 e. The third-order valence-electron chi connectivity index (χ3n) is 3.14. The van der Waals surface area contributed by atoms with Crippen LogP contribution in [0, 0.1) is 0 Å². The van der Waals surface area contributed by atoms with Crippen LogP contribution in [0.15, 0.2) is 5.10 Å². The summed E-state index contributed by atoms with van der Waals surface area (Å²) in [7, 11) is 0. The van der Waals surface area contributed by atoms with E-state index >= 15 is 0 Å². The van der Waals surface area contributed by atoms with E-state index in [9.17, 15) is 14.4 Å². The highest BCUT2D eigenvalue weighted by atomic mass is 16.4. The van der Waals surface area contributed by atoms with E-state index in [1.165, 1.54) is 0 Å². The highest BCUT2D eigenvalue weighted by molar-refractivity contribution is 6.40. The number of amides is 2. The van der Waals surface area contributed by atoms with E-state index in [1.807, 2.05) is 0 Å². The lowest BCUT2D eigenvalue weighted by atomic mass is 9.76. The first-order chi connectivity index (χ1) is 8.03. The Kier molecular flexibility index (Phi) is 2.83. The van der Waals surface area contributed by atoms with Gasteiger partial charge in [-0.15, -0.1) is 0 Å². The van der Waals surface area contributed by atoms with Crippen LogP contribution < -0.4 is 10.7 Å². The quantitative estimate of drug-likeness (QED) is 0.609. The molecule has 1 saturated carbocycles. The van der Waals surface area contributed by atoms with Crippen LogP contribution in [-0.2, 0) is 14.4 Å². The maximum Gasteiger partial charge on any atom is 0.329 e. The van der Waals surface area contributed by atoms with Crippen molar-refractivity contribution in [1.29, 1.82) is 0 Å². The Hall–Kier alpha value is -1.92. The molecule has 17 heavy (non-hydrogen) atoms. The van der Waals surface area contributed by atoms with Gasteiger partial charge < -0.3 is 10.4 Å². The molecule has 0 radical (unpaired) electrons. The number of aliphatic carboxylic acids is 1. The third-order valence-corrected chi connectivity index (χ3v) is 3.14. The first-order valence-corrected chi connectivity index (χ1v) is 5.45. The molecule has 1 heterocycles. The van der Waals surface area contributed by atoms with Gasteiger partial charge in [0.15, 0.2) is 0 Å². The molecule has 2 rings (SSSR count). The molecule has 0 aromatic rings. The molecule has 0 unspecified atom stereocenters. The van der Waals surface area contributed by atoms with Crippen LogP contribution in [0.3, 0.4) is 0 Å². The lowest BCUT2D eigenvalue weighted by Crippen LogP contribution is -2.60. The second-order valence-electron chi connectivity index (χ2n) is 4.29. The predicted octanol–water partition coefficient (Wildman–Crippen LogP) is -0.624. The second kappa shape index (κ2) is 4.15. The fraction of sp³-hybridized carbons (Fsp3) is 0.600. The van der Waals surface area contributed by atoms with Crippen molar-refractivity contribution in [1.82, 2.24) is 10.7 Å². The zero-order valence-electron chi connectivity index (χ0n) is 9.15. The minimum atomic E-state index is -1.14. The molecule has 7 nitrogen and oxygen atoms in total. The van der Waals surface area contributed by atoms with Gasteiger partial charge in [0.05, 0.1) is 0 Å². The van der Waals surface area contributed by atoms with Crippen molar-refractivity contribution in [3.05, 3.63) is 0 Å². The largest absolute Gasteiger partial charge is 0.480 e. The molecule has 0 aromatic carbocycles. The zero-order chi connectivity index (χ0) is 12.5. The Morgan fingerprint density at radius 3 is 2.47 bits per heavy atom. The average Bonchev–Trinajstić information content (AvgIpc) is 2.23. The van der Waals surface area contributed by atoms with Gasteiger partial charge in [0, 0.05) is 12.8 Å². The number of hydrogen-bond acceptors (Lipinski definition) is 4. The van der Waals surface area contributed by atoms with Crippen molar-refractivity contribution in [3.8, 4) is 0 Å². The molecule has 2 aliphatic rings. The Morgan fingerprint density at radius 2 is 2.06 bits per heavy atom. The first kappa shape index (κ1) is 11.6. The van der Waals surface area contributed by atoms with Gasteiger partial charge in [-0.05, 0) is 19.3 Å². The minimum absolute atomic E-state index is 0.178. The highest BCUT2D eigenvalue weighted by Gasteiger charge is 2.46. The van der Waals surface area contributed by atoms with Crippen molar-refractivity contribution in [3.63, 3.8) is 0 Å². The topological polar surface area (TPSA) is 108 Å². The van der Waals surface area contributed by atoms with Crippen LogP contribution >= 0.6 is 0 Å². The second-order valence-corrected chi connectivity index (χ2v) is 4.29. The lowest BCUT2D eigenvalue weighted by Gasteiger charge is -2.38. The molecule has 1 aliphatic carbocycles. The molecule has 0 bridgehead atoms. The van der Waals surface area contributed by atoms with E-state index < -0.39 is 17.4 Å². The number of nitrogens with zero attached hydrogens (tertiary/aromatic N) is 1. The molecule has 0 aromatic heterocycles. The van der Waals surface area contributed by atoms with Crippen molar-refractivity contribution in [2.45, 2.75) is 37.6 Å². The number of carbonyl (C=O) groups is 3. The van der Waals surface area contributed by atoms with Gasteiger partial charge >= 0.3 is 5.97 Å². The molecular formula is C10H13N3O4. The number of hydrogen-bond donors (Lipinski definition) is 3. The summed E-state index contributed by atoms with van der Waals surface area (Å²) in [4.78, 5) is 33.7. The number of rotatable bonds is 3. The van der Waals surface area contributed by atoms with Crippen LogP contribution in [-0.4, -0.2) is 34.1 Å². The molecule has 1 fully saturated rings. The summed E-state index contributed by atoms with van der Waals surface area (Å²) in [5.41, 5.74) is 1.24. The van der Waals surface area contributed by atoms with E-state index in [2.05, 4.69) is 15.8 Å². The summed E-state index contributed by atoms with van der Waals surface area (Å²) in [5.74, 6) is -1.76. The van der Waals surface area contributed by atoms with Gasteiger partial charge in [-0.1, -0.05) is 0 Å². The summed E-state index contributed by atoms with van der Waals surface area (Å²) in [6.45, 7) is 0. The van der Waals surface area contributed by atoms with Crippen molar-refractivity contribution >= 4 is 23.5 Å². The van der Waals surface area contributed by atoms with E-state index in [4.69, 9.17) is 5.11 Å². The molecule has 0 spiro atoms. The van der Waals surface area contributed by atoms with Crippen LogP contribution in [0.1, 0.15) is 32.1 Å². The zero-order valence-corrected chi connectivity index (χ0v) is 9.15. The number of carboxylic acids is 1. The minimum Gasteiger partial charge on any atom is -0.480 e. The van der Waals surface area contributed by atoms with Crippen molar-refractivity contribution in [2.75, 3.05) is 0 Å². The fourth-order valence-electron chi connectivity index (χ4n) is 1.85. The number of carboxylic acid groups (broad SMARTS) is 1. The molecule has 7 heteroatoms. The van der Waals surface area contributed by atoms with Crippen LogP contribution in [0.5, 0.6) is 0 Å². The monoisotopic (exact) mass is 239 g/mol. The van der Waals surface area contributed by atoms with E-state index in [0.29, 0.717) is 12.8 Å². The van der Waals surface area contributed by atoms with E-state index in [-0.39, 0.29) is 24.5 Å². The van der Waals surface area contributed by atoms with Crippen LogP contribution in [0.25, 0.3) is 0 Å². The van der Waals surface area contributed by atoms with Gasteiger partial charge in [-0.25, -0.2) is 10.2 Å². The maximum atomic E-state index is 11.8. The summed E-state index contributed by atoms with van der Waals surface area (Å²) in [6, 6.07) is 0. The van der Waals surface area contributed by atoms with Crippen molar-refractivity contribution < 1.29 is 19.5 Å². The van der Waals surface area contributed by atoms with E-state index in [1.54, 1.807) is 0 Å². The summed E-state index contributed by atoms with van der Waals surface area (Å²) in [5, 5.41) is 15.2. The Labute approximate surface area is 97.3 Å². The number of nitrogens with one attached hydrogen (secondary N) is 2. The van der Waals surface area contributed by atoms with Gasteiger partial charge in [0.25, 0.3) is 5.91 Å². The third kappa shape index (κ3) is 2.13. The Bertz CT molecular complexity index is 412. The Balaban J connectivity index is 2.02. The summed E-state index contributed by atoms with van der Waals surface area (Å²) >= 11 is 0. The normalized spacial score (nSPS) is 21.9. The van der Waals surface area contributed by atoms with Crippen LogP contribution in [0.4, 0.5) is 0 Å². The maximum absolute atomic E-state index is 11.8. The van der Waals surface area contributed by atoms with Crippen molar-refractivity contribution in [2.24, 2.45) is 5.10 Å². The number of hydrazone groups is 1. The summed E-state index contributed by atoms with van der Waals surface area (Å²) in [6.07, 6.45) is 2.11. The fourth-order valence-corrected chi connectivity index (χ4v) is 1.85. The molecule has 0 saturated heterocycles. The van der Waals surface area contributed by atoms with Gasteiger partial charge in [-0.3, -0.25) is 9.59 Å². The molecule has 92 valence electrons.